The van der Waals surface area contributed by atoms with Crippen molar-refractivity contribution in [2.24, 2.45) is 5.92 Å². The average Bonchev–Trinajstić information content (AvgIpc) is 2.31. The highest BCUT2D eigenvalue weighted by atomic mass is 35.5. The summed E-state index contributed by atoms with van der Waals surface area (Å²) < 4.78 is 0. The van der Waals surface area contributed by atoms with Crippen molar-refractivity contribution >= 4 is 11.6 Å². The second-order valence-corrected chi connectivity index (χ2v) is 5.79. The summed E-state index contributed by atoms with van der Waals surface area (Å²) in [7, 11) is 0. The van der Waals surface area contributed by atoms with Crippen LogP contribution in [0.15, 0.2) is 18.2 Å². The first-order valence-corrected chi connectivity index (χ1v) is 7.42. The lowest BCUT2D eigenvalue weighted by molar-refractivity contribution is 0.455. The first kappa shape index (κ1) is 15.5. The van der Waals surface area contributed by atoms with E-state index in [0.717, 1.165) is 23.9 Å². The summed E-state index contributed by atoms with van der Waals surface area (Å²) in [6, 6.07) is 6.71. The number of aryl methyl sites for hydroxylation is 1. The lowest BCUT2D eigenvalue weighted by atomic mass is 9.97. The van der Waals surface area contributed by atoms with Crippen LogP contribution < -0.4 is 5.32 Å². The molecule has 0 radical (unpaired) electrons. The second-order valence-electron chi connectivity index (χ2n) is 5.41. The fourth-order valence-corrected chi connectivity index (χ4v) is 2.54. The molecule has 18 heavy (non-hydrogen) atoms. The molecule has 0 saturated heterocycles. The van der Waals surface area contributed by atoms with Crippen LogP contribution in [0.3, 0.4) is 0 Å². The van der Waals surface area contributed by atoms with Gasteiger partial charge in [0.2, 0.25) is 0 Å². The molecule has 0 aliphatic heterocycles. The Hall–Kier alpha value is -0.530. The third kappa shape index (κ3) is 4.62. The van der Waals surface area contributed by atoms with Gasteiger partial charge in [-0.3, -0.25) is 0 Å². The van der Waals surface area contributed by atoms with Gasteiger partial charge in [-0.05, 0) is 36.9 Å². The minimum atomic E-state index is 0.390. The predicted molar refractivity (Wildman–Crippen MR) is 81.3 cm³/mol. The molecule has 1 N–H and O–H groups in total. The molecule has 0 saturated carbocycles. The molecule has 1 unspecified atom stereocenters. The van der Waals surface area contributed by atoms with E-state index >= 15 is 0 Å². The molecular weight excluding hydrogens is 242 g/mol. The number of nitrogens with one attached hydrogen (secondary N) is 1. The number of rotatable bonds is 7. The van der Waals surface area contributed by atoms with Crippen LogP contribution in [0.4, 0.5) is 0 Å². The Labute approximate surface area is 117 Å². The second kappa shape index (κ2) is 7.81. The highest BCUT2D eigenvalue weighted by Crippen LogP contribution is 2.29. The van der Waals surface area contributed by atoms with Gasteiger partial charge in [-0.1, -0.05) is 63.4 Å². The highest BCUT2D eigenvalue weighted by Gasteiger charge is 2.14. The van der Waals surface area contributed by atoms with Gasteiger partial charge in [0.15, 0.2) is 0 Å². The fourth-order valence-electron chi connectivity index (χ4n) is 2.28. The summed E-state index contributed by atoms with van der Waals surface area (Å²) in [6.07, 6.45) is 3.69. The minimum absolute atomic E-state index is 0.390. The molecule has 1 aromatic carbocycles. The van der Waals surface area contributed by atoms with E-state index in [-0.39, 0.29) is 0 Å². The summed E-state index contributed by atoms with van der Waals surface area (Å²) >= 11 is 6.43. The topological polar surface area (TPSA) is 12.0 Å². The van der Waals surface area contributed by atoms with Crippen molar-refractivity contribution in [1.29, 1.82) is 0 Å². The van der Waals surface area contributed by atoms with Crippen molar-refractivity contribution < 1.29 is 0 Å². The third-order valence-electron chi connectivity index (χ3n) is 3.32. The first-order chi connectivity index (χ1) is 8.56. The zero-order chi connectivity index (χ0) is 13.5. The molecule has 0 amide bonds. The number of halogens is 1. The molecule has 0 bridgehead atoms. The fraction of sp³-hybridized carbons (Fsp3) is 0.625. The lowest BCUT2D eigenvalue weighted by Crippen LogP contribution is -2.21. The predicted octanol–water partition coefficient (Wildman–Crippen LogP) is 5.13. The van der Waals surface area contributed by atoms with Gasteiger partial charge in [0.1, 0.15) is 0 Å². The molecule has 0 heterocycles. The highest BCUT2D eigenvalue weighted by molar-refractivity contribution is 6.32. The van der Waals surface area contributed by atoms with Gasteiger partial charge in [0.25, 0.3) is 0 Å². The molecular formula is C16H26ClN. The maximum Gasteiger partial charge on any atom is 0.0482 e. The maximum atomic E-state index is 6.43. The first-order valence-electron chi connectivity index (χ1n) is 7.04. The van der Waals surface area contributed by atoms with Crippen LogP contribution in [-0.2, 0) is 0 Å². The van der Waals surface area contributed by atoms with Crippen LogP contribution in [0.2, 0.25) is 5.02 Å². The number of hydrogen-bond donors (Lipinski definition) is 1. The van der Waals surface area contributed by atoms with Gasteiger partial charge >= 0.3 is 0 Å². The minimum Gasteiger partial charge on any atom is -0.310 e. The third-order valence-corrected chi connectivity index (χ3v) is 3.84. The van der Waals surface area contributed by atoms with E-state index < -0.39 is 0 Å². The summed E-state index contributed by atoms with van der Waals surface area (Å²) in [6.45, 7) is 9.77. The Morgan fingerprint density at radius 1 is 1.22 bits per heavy atom. The zero-order valence-corrected chi connectivity index (χ0v) is 12.8. The Balaban J connectivity index is 2.74. The van der Waals surface area contributed by atoms with Gasteiger partial charge in [0, 0.05) is 11.1 Å². The van der Waals surface area contributed by atoms with E-state index in [0.29, 0.717) is 6.04 Å². The van der Waals surface area contributed by atoms with Crippen molar-refractivity contribution in [1.82, 2.24) is 5.32 Å². The average molecular weight is 268 g/mol. The SMILES string of the molecule is CCNC(CCCC(C)C)c1cccc(C)c1Cl. The Bertz CT molecular complexity index is 360. The summed E-state index contributed by atoms with van der Waals surface area (Å²) in [5, 5.41) is 4.48. The lowest BCUT2D eigenvalue weighted by Gasteiger charge is -2.21. The molecule has 2 heteroatoms. The Morgan fingerprint density at radius 3 is 2.56 bits per heavy atom. The van der Waals surface area contributed by atoms with E-state index in [9.17, 15) is 0 Å². The Morgan fingerprint density at radius 2 is 1.94 bits per heavy atom. The van der Waals surface area contributed by atoms with Gasteiger partial charge in [0.05, 0.1) is 0 Å². The van der Waals surface area contributed by atoms with E-state index in [1.807, 2.05) is 0 Å². The number of benzene rings is 1. The molecule has 1 atom stereocenters. The standard InChI is InChI=1S/C16H26ClN/c1-5-18-15(11-6-8-12(2)3)14-10-7-9-13(4)16(14)17/h7,9-10,12,15,18H,5-6,8,11H2,1-4H3. The van der Waals surface area contributed by atoms with Crippen molar-refractivity contribution in [2.75, 3.05) is 6.54 Å². The van der Waals surface area contributed by atoms with E-state index in [4.69, 9.17) is 11.6 Å². The molecule has 0 aliphatic rings. The largest absolute Gasteiger partial charge is 0.310 e. The summed E-state index contributed by atoms with van der Waals surface area (Å²) in [5.41, 5.74) is 2.42. The Kier molecular flexibility index (Phi) is 6.73. The van der Waals surface area contributed by atoms with Gasteiger partial charge in [-0.2, -0.15) is 0 Å². The van der Waals surface area contributed by atoms with E-state index in [2.05, 4.69) is 51.2 Å². The monoisotopic (exact) mass is 267 g/mol. The van der Waals surface area contributed by atoms with Crippen molar-refractivity contribution in [3.63, 3.8) is 0 Å². The molecule has 1 aromatic rings. The molecule has 0 spiro atoms. The van der Waals surface area contributed by atoms with Gasteiger partial charge in [-0.15, -0.1) is 0 Å². The smallest absolute Gasteiger partial charge is 0.0482 e. The molecule has 102 valence electrons. The summed E-state index contributed by atoms with van der Waals surface area (Å²) in [5.74, 6) is 0.778. The van der Waals surface area contributed by atoms with E-state index in [1.165, 1.54) is 24.0 Å². The van der Waals surface area contributed by atoms with Crippen molar-refractivity contribution in [2.45, 2.75) is 53.0 Å². The van der Waals surface area contributed by atoms with Gasteiger partial charge < -0.3 is 5.32 Å². The summed E-state index contributed by atoms with van der Waals surface area (Å²) in [4.78, 5) is 0. The van der Waals surface area contributed by atoms with E-state index in [1.54, 1.807) is 0 Å². The van der Waals surface area contributed by atoms with Crippen LogP contribution in [-0.4, -0.2) is 6.54 Å². The van der Waals surface area contributed by atoms with Crippen molar-refractivity contribution in [3.05, 3.63) is 34.3 Å². The molecule has 1 rings (SSSR count). The molecule has 0 aromatic heterocycles. The molecule has 1 nitrogen and oxygen atoms in total. The quantitative estimate of drug-likeness (QED) is 0.723. The van der Waals surface area contributed by atoms with Crippen LogP contribution in [0.25, 0.3) is 0 Å². The van der Waals surface area contributed by atoms with Crippen LogP contribution in [0.1, 0.15) is 57.2 Å². The van der Waals surface area contributed by atoms with Crippen LogP contribution in [0.5, 0.6) is 0 Å². The molecule has 0 fully saturated rings. The molecule has 0 aliphatic carbocycles. The normalized spacial score (nSPS) is 13.0. The number of hydrogen-bond acceptors (Lipinski definition) is 1. The maximum absolute atomic E-state index is 6.43. The van der Waals surface area contributed by atoms with Crippen LogP contribution >= 0.6 is 11.6 Å². The van der Waals surface area contributed by atoms with Gasteiger partial charge in [-0.25, -0.2) is 0 Å². The zero-order valence-electron chi connectivity index (χ0n) is 12.1. The van der Waals surface area contributed by atoms with Crippen molar-refractivity contribution in [3.8, 4) is 0 Å². The van der Waals surface area contributed by atoms with Crippen LogP contribution in [0, 0.1) is 12.8 Å².